The molecule has 1 saturated heterocycles. The van der Waals surface area contributed by atoms with Gasteiger partial charge in [-0.2, -0.15) is 5.10 Å². The van der Waals surface area contributed by atoms with E-state index in [1.165, 1.54) is 0 Å². The maximum Gasteiger partial charge on any atom is 0.166 e. The van der Waals surface area contributed by atoms with Crippen LogP contribution in [-0.4, -0.2) is 54.0 Å². The van der Waals surface area contributed by atoms with E-state index >= 15 is 0 Å². The summed E-state index contributed by atoms with van der Waals surface area (Å²) in [6.07, 6.45) is 1.70. The number of rotatable bonds is 6. The first kappa shape index (κ1) is 18.5. The number of ether oxygens (including phenoxy) is 1. The molecule has 0 aromatic heterocycles. The molecule has 1 heterocycles. The highest BCUT2D eigenvalue weighted by molar-refractivity contribution is 6.31. The van der Waals surface area contributed by atoms with Crippen molar-refractivity contribution in [1.82, 2.24) is 9.91 Å². The van der Waals surface area contributed by atoms with Gasteiger partial charge in [-0.25, -0.2) is 0 Å². The van der Waals surface area contributed by atoms with Crippen LogP contribution in [0.25, 0.3) is 0 Å². The number of phenols is 1. The van der Waals surface area contributed by atoms with Crippen molar-refractivity contribution in [2.24, 2.45) is 5.10 Å². The van der Waals surface area contributed by atoms with E-state index in [9.17, 15) is 5.11 Å². The normalized spacial score (nSPS) is 15.5. The maximum absolute atomic E-state index is 10.2. The van der Waals surface area contributed by atoms with Gasteiger partial charge < -0.3 is 9.84 Å². The van der Waals surface area contributed by atoms with E-state index in [0.29, 0.717) is 17.9 Å². The number of hydrogen-bond acceptors (Lipinski definition) is 5. The fourth-order valence-electron chi connectivity index (χ4n) is 2.94. The van der Waals surface area contributed by atoms with Crippen LogP contribution in [0.5, 0.6) is 11.5 Å². The van der Waals surface area contributed by atoms with Crippen LogP contribution in [0.1, 0.15) is 18.1 Å². The average Bonchev–Trinajstić information content (AvgIpc) is 2.66. The third-order valence-corrected chi connectivity index (χ3v) is 4.76. The van der Waals surface area contributed by atoms with Crippen molar-refractivity contribution in [3.63, 3.8) is 0 Å². The molecule has 0 bridgehead atoms. The number of aromatic hydroxyl groups is 1. The summed E-state index contributed by atoms with van der Waals surface area (Å²) in [6, 6.07) is 13.4. The van der Waals surface area contributed by atoms with Crippen LogP contribution in [-0.2, 0) is 6.54 Å². The Hall–Kier alpha value is -2.24. The SMILES string of the molecule is CCOc1cccc(C=NN2CCN(Cc3ccccc3Cl)CC2)c1O. The standard InChI is InChI=1S/C20H24ClN3O2/c1-2-26-19-9-5-7-16(20(19)25)14-22-24-12-10-23(11-13-24)15-17-6-3-4-8-18(17)21/h3-9,14,25H,2,10-13,15H2,1H3. The monoisotopic (exact) mass is 373 g/mol. The van der Waals surface area contributed by atoms with Crippen molar-refractivity contribution in [3.05, 3.63) is 58.6 Å². The number of piperazine rings is 1. The second kappa shape index (κ2) is 8.92. The Bertz CT molecular complexity index is 758. The van der Waals surface area contributed by atoms with Gasteiger partial charge in [0.15, 0.2) is 11.5 Å². The molecule has 3 rings (SSSR count). The van der Waals surface area contributed by atoms with Gasteiger partial charge in [0.1, 0.15) is 0 Å². The van der Waals surface area contributed by atoms with E-state index in [1.54, 1.807) is 12.3 Å². The Kier molecular flexibility index (Phi) is 6.36. The van der Waals surface area contributed by atoms with E-state index in [0.717, 1.165) is 43.3 Å². The van der Waals surface area contributed by atoms with Gasteiger partial charge in [-0.15, -0.1) is 0 Å². The molecule has 138 valence electrons. The first-order valence-corrected chi connectivity index (χ1v) is 9.24. The topological polar surface area (TPSA) is 48.3 Å². The van der Waals surface area contributed by atoms with E-state index in [2.05, 4.69) is 16.1 Å². The van der Waals surface area contributed by atoms with Gasteiger partial charge in [-0.3, -0.25) is 9.91 Å². The van der Waals surface area contributed by atoms with Crippen LogP contribution in [0.4, 0.5) is 0 Å². The van der Waals surface area contributed by atoms with E-state index in [-0.39, 0.29) is 5.75 Å². The summed E-state index contributed by atoms with van der Waals surface area (Å²) in [5.41, 5.74) is 1.82. The molecule has 26 heavy (non-hydrogen) atoms. The molecular formula is C20H24ClN3O2. The van der Waals surface area contributed by atoms with Crippen LogP contribution in [0.3, 0.4) is 0 Å². The Morgan fingerprint density at radius 1 is 1.12 bits per heavy atom. The lowest BCUT2D eigenvalue weighted by molar-refractivity contribution is 0.131. The molecular weight excluding hydrogens is 350 g/mol. The summed E-state index contributed by atoms with van der Waals surface area (Å²) < 4.78 is 5.41. The molecule has 1 N–H and O–H groups in total. The Labute approximate surface area is 159 Å². The third-order valence-electron chi connectivity index (χ3n) is 4.39. The number of halogens is 1. The summed E-state index contributed by atoms with van der Waals surface area (Å²) >= 11 is 6.25. The van der Waals surface area contributed by atoms with E-state index < -0.39 is 0 Å². The molecule has 0 aliphatic carbocycles. The summed E-state index contributed by atoms with van der Waals surface area (Å²) in [5.74, 6) is 0.622. The zero-order chi connectivity index (χ0) is 18.4. The maximum atomic E-state index is 10.2. The Balaban J connectivity index is 1.55. The molecule has 5 nitrogen and oxygen atoms in total. The van der Waals surface area contributed by atoms with E-state index in [1.807, 2.05) is 42.3 Å². The second-order valence-electron chi connectivity index (χ2n) is 6.19. The summed E-state index contributed by atoms with van der Waals surface area (Å²) in [5, 5.41) is 17.6. The second-order valence-corrected chi connectivity index (χ2v) is 6.60. The highest BCUT2D eigenvalue weighted by Crippen LogP contribution is 2.28. The molecule has 0 unspecified atom stereocenters. The summed E-state index contributed by atoms with van der Waals surface area (Å²) in [7, 11) is 0. The van der Waals surface area contributed by atoms with Crippen molar-refractivity contribution in [2.45, 2.75) is 13.5 Å². The first-order chi connectivity index (χ1) is 12.7. The van der Waals surface area contributed by atoms with Gasteiger partial charge in [0.25, 0.3) is 0 Å². The molecule has 0 atom stereocenters. The minimum Gasteiger partial charge on any atom is -0.504 e. The molecule has 0 amide bonds. The molecule has 1 fully saturated rings. The van der Waals surface area contributed by atoms with Crippen molar-refractivity contribution in [1.29, 1.82) is 0 Å². The predicted octanol–water partition coefficient (Wildman–Crippen LogP) is 3.60. The van der Waals surface area contributed by atoms with Crippen LogP contribution in [0.2, 0.25) is 5.02 Å². The minimum absolute atomic E-state index is 0.135. The summed E-state index contributed by atoms with van der Waals surface area (Å²) in [6.45, 7) is 6.79. The smallest absolute Gasteiger partial charge is 0.166 e. The van der Waals surface area contributed by atoms with Crippen LogP contribution < -0.4 is 4.74 Å². The lowest BCUT2D eigenvalue weighted by atomic mass is 10.2. The molecule has 0 spiro atoms. The molecule has 0 radical (unpaired) electrons. The van der Waals surface area contributed by atoms with Gasteiger partial charge in [0.2, 0.25) is 0 Å². The predicted molar refractivity (Wildman–Crippen MR) is 105 cm³/mol. The summed E-state index contributed by atoms with van der Waals surface area (Å²) in [4.78, 5) is 2.38. The van der Waals surface area contributed by atoms with Crippen molar-refractivity contribution in [3.8, 4) is 11.5 Å². The van der Waals surface area contributed by atoms with Crippen molar-refractivity contribution in [2.75, 3.05) is 32.8 Å². The molecule has 1 aliphatic rings. The van der Waals surface area contributed by atoms with Gasteiger partial charge in [-0.05, 0) is 30.7 Å². The zero-order valence-corrected chi connectivity index (χ0v) is 15.7. The molecule has 2 aromatic carbocycles. The zero-order valence-electron chi connectivity index (χ0n) is 14.9. The van der Waals surface area contributed by atoms with Gasteiger partial charge in [-0.1, -0.05) is 35.9 Å². The number of nitrogens with zero attached hydrogens (tertiary/aromatic N) is 3. The van der Waals surface area contributed by atoms with Gasteiger partial charge in [0, 0.05) is 43.3 Å². The first-order valence-electron chi connectivity index (χ1n) is 8.87. The lowest BCUT2D eigenvalue weighted by Gasteiger charge is -2.33. The molecule has 2 aromatic rings. The lowest BCUT2D eigenvalue weighted by Crippen LogP contribution is -2.43. The van der Waals surface area contributed by atoms with E-state index in [4.69, 9.17) is 16.3 Å². The van der Waals surface area contributed by atoms with Crippen LogP contribution in [0, 0.1) is 0 Å². The highest BCUT2D eigenvalue weighted by atomic mass is 35.5. The largest absolute Gasteiger partial charge is 0.504 e. The Morgan fingerprint density at radius 3 is 2.62 bits per heavy atom. The van der Waals surface area contributed by atoms with Crippen molar-refractivity contribution >= 4 is 17.8 Å². The quantitative estimate of drug-likeness (QED) is 0.786. The average molecular weight is 374 g/mol. The number of phenolic OH excluding ortho intramolecular Hbond substituents is 1. The van der Waals surface area contributed by atoms with Crippen LogP contribution >= 0.6 is 11.6 Å². The fourth-order valence-corrected chi connectivity index (χ4v) is 3.13. The number of hydrazone groups is 1. The van der Waals surface area contributed by atoms with Gasteiger partial charge in [0.05, 0.1) is 12.8 Å². The Morgan fingerprint density at radius 2 is 1.88 bits per heavy atom. The van der Waals surface area contributed by atoms with Gasteiger partial charge >= 0.3 is 0 Å². The van der Waals surface area contributed by atoms with Crippen molar-refractivity contribution < 1.29 is 9.84 Å². The number of para-hydroxylation sites is 1. The van der Waals surface area contributed by atoms with Crippen LogP contribution in [0.15, 0.2) is 47.6 Å². The molecule has 1 aliphatic heterocycles. The fraction of sp³-hybridized carbons (Fsp3) is 0.350. The molecule has 0 saturated carbocycles. The highest BCUT2D eigenvalue weighted by Gasteiger charge is 2.16. The number of hydrogen-bond donors (Lipinski definition) is 1. The number of benzene rings is 2. The third kappa shape index (κ3) is 4.68. The molecule has 6 heteroatoms. The minimum atomic E-state index is 0.135.